The van der Waals surface area contributed by atoms with Crippen molar-refractivity contribution < 1.29 is 19.1 Å². The summed E-state index contributed by atoms with van der Waals surface area (Å²) in [5, 5.41) is 0. The first-order valence-corrected chi connectivity index (χ1v) is 9.47. The molecular formula is C21H20BrNO4. The number of ether oxygens (including phenoxy) is 1. The first-order chi connectivity index (χ1) is 12.8. The van der Waals surface area contributed by atoms with Crippen LogP contribution in [-0.2, 0) is 14.3 Å². The highest BCUT2D eigenvalue weighted by Crippen LogP contribution is 2.27. The van der Waals surface area contributed by atoms with Crippen LogP contribution >= 0.6 is 15.9 Å². The maximum absolute atomic E-state index is 12.3. The number of benzene rings is 2. The van der Waals surface area contributed by atoms with Crippen molar-refractivity contribution in [3.8, 4) is 0 Å². The van der Waals surface area contributed by atoms with E-state index in [1.54, 1.807) is 29.2 Å². The third-order valence-electron chi connectivity index (χ3n) is 4.77. The number of anilines is 1. The molecule has 27 heavy (non-hydrogen) atoms. The SMILES string of the molecule is Cc1ccc(N2C[C@@H](C(=O)OCC(=O)c3ccc(Br)cc3)CC2=O)cc1C. The first kappa shape index (κ1) is 19.3. The smallest absolute Gasteiger partial charge is 0.311 e. The molecule has 5 nitrogen and oxygen atoms in total. The zero-order valence-electron chi connectivity index (χ0n) is 15.2. The Morgan fingerprint density at radius 3 is 2.48 bits per heavy atom. The summed E-state index contributed by atoms with van der Waals surface area (Å²) in [5.41, 5.74) is 3.49. The van der Waals surface area contributed by atoms with Gasteiger partial charge in [0.2, 0.25) is 5.91 Å². The van der Waals surface area contributed by atoms with E-state index >= 15 is 0 Å². The second kappa shape index (κ2) is 8.05. The zero-order chi connectivity index (χ0) is 19.6. The average Bonchev–Trinajstić information content (AvgIpc) is 3.04. The Bertz CT molecular complexity index is 892. The molecule has 1 aliphatic heterocycles. The number of hydrogen-bond donors (Lipinski definition) is 0. The van der Waals surface area contributed by atoms with Gasteiger partial charge in [-0.2, -0.15) is 0 Å². The van der Waals surface area contributed by atoms with Gasteiger partial charge in [0, 0.05) is 28.7 Å². The number of hydrogen-bond acceptors (Lipinski definition) is 4. The van der Waals surface area contributed by atoms with Crippen LogP contribution in [0.3, 0.4) is 0 Å². The lowest BCUT2D eigenvalue weighted by Crippen LogP contribution is -2.27. The minimum absolute atomic E-state index is 0.0955. The van der Waals surface area contributed by atoms with E-state index < -0.39 is 11.9 Å². The molecule has 0 bridgehead atoms. The molecule has 0 radical (unpaired) electrons. The Kier molecular flexibility index (Phi) is 5.75. The number of rotatable bonds is 5. The maximum Gasteiger partial charge on any atom is 0.311 e. The standard InChI is InChI=1S/C21H20BrNO4/c1-13-3-8-18(9-14(13)2)23-11-16(10-20(23)25)21(26)27-12-19(24)15-4-6-17(22)7-5-15/h3-9,16H,10-12H2,1-2H3/t16-/m0/s1. The van der Waals surface area contributed by atoms with Gasteiger partial charge < -0.3 is 9.64 Å². The molecule has 0 aromatic heterocycles. The van der Waals surface area contributed by atoms with E-state index in [0.29, 0.717) is 5.56 Å². The Hall–Kier alpha value is -2.47. The number of esters is 1. The molecule has 1 aliphatic rings. The molecule has 3 rings (SSSR count). The van der Waals surface area contributed by atoms with Gasteiger partial charge in [-0.3, -0.25) is 14.4 Å². The number of aryl methyl sites for hydroxylation is 2. The van der Waals surface area contributed by atoms with Gasteiger partial charge in [0.1, 0.15) is 0 Å². The van der Waals surface area contributed by atoms with E-state index in [9.17, 15) is 14.4 Å². The number of ketones is 1. The summed E-state index contributed by atoms with van der Waals surface area (Å²) in [6.45, 7) is 3.94. The highest BCUT2D eigenvalue weighted by atomic mass is 79.9. The van der Waals surface area contributed by atoms with E-state index in [-0.39, 0.29) is 31.3 Å². The van der Waals surface area contributed by atoms with Crippen LogP contribution in [0.5, 0.6) is 0 Å². The van der Waals surface area contributed by atoms with E-state index in [0.717, 1.165) is 21.3 Å². The van der Waals surface area contributed by atoms with Crippen LogP contribution in [0.1, 0.15) is 27.9 Å². The number of amides is 1. The Morgan fingerprint density at radius 1 is 1.11 bits per heavy atom. The van der Waals surface area contributed by atoms with Crippen molar-refractivity contribution in [3.63, 3.8) is 0 Å². The Balaban J connectivity index is 1.59. The zero-order valence-corrected chi connectivity index (χ0v) is 16.8. The van der Waals surface area contributed by atoms with Gasteiger partial charge in [-0.15, -0.1) is 0 Å². The molecule has 1 atom stereocenters. The fraction of sp³-hybridized carbons (Fsp3) is 0.286. The molecule has 0 saturated carbocycles. The summed E-state index contributed by atoms with van der Waals surface area (Å²) in [4.78, 5) is 38.4. The lowest BCUT2D eigenvalue weighted by molar-refractivity contribution is -0.147. The molecule has 0 N–H and O–H groups in total. The van der Waals surface area contributed by atoms with Crippen molar-refractivity contribution >= 4 is 39.3 Å². The minimum atomic E-state index is -0.558. The first-order valence-electron chi connectivity index (χ1n) is 8.68. The van der Waals surface area contributed by atoms with Gasteiger partial charge in [-0.1, -0.05) is 34.1 Å². The monoisotopic (exact) mass is 429 g/mol. The van der Waals surface area contributed by atoms with Gasteiger partial charge >= 0.3 is 5.97 Å². The molecule has 1 fully saturated rings. The van der Waals surface area contributed by atoms with Crippen molar-refractivity contribution in [2.24, 2.45) is 5.92 Å². The highest BCUT2D eigenvalue weighted by Gasteiger charge is 2.36. The summed E-state index contributed by atoms with van der Waals surface area (Å²) < 4.78 is 6.04. The number of halogens is 1. The Morgan fingerprint density at radius 2 is 1.81 bits per heavy atom. The molecule has 2 aromatic carbocycles. The van der Waals surface area contributed by atoms with Crippen molar-refractivity contribution in [2.75, 3.05) is 18.1 Å². The lowest BCUT2D eigenvalue weighted by atomic mass is 10.1. The molecule has 1 amide bonds. The van der Waals surface area contributed by atoms with Crippen LogP contribution in [-0.4, -0.2) is 30.8 Å². The van der Waals surface area contributed by atoms with Crippen LogP contribution in [0.15, 0.2) is 46.9 Å². The van der Waals surface area contributed by atoms with E-state index in [2.05, 4.69) is 15.9 Å². The summed E-state index contributed by atoms with van der Waals surface area (Å²) in [5.74, 6) is -1.46. The van der Waals surface area contributed by atoms with Gasteiger partial charge in [-0.05, 0) is 49.2 Å². The highest BCUT2D eigenvalue weighted by molar-refractivity contribution is 9.10. The topological polar surface area (TPSA) is 63.7 Å². The van der Waals surface area contributed by atoms with Crippen molar-refractivity contribution in [2.45, 2.75) is 20.3 Å². The number of nitrogens with zero attached hydrogens (tertiary/aromatic N) is 1. The van der Waals surface area contributed by atoms with Crippen molar-refractivity contribution in [1.29, 1.82) is 0 Å². The maximum atomic E-state index is 12.3. The summed E-state index contributed by atoms with van der Waals surface area (Å²) in [6, 6.07) is 12.6. The molecule has 2 aromatic rings. The van der Waals surface area contributed by atoms with Gasteiger partial charge in [0.25, 0.3) is 0 Å². The molecule has 1 saturated heterocycles. The lowest BCUT2D eigenvalue weighted by Gasteiger charge is -2.17. The van der Waals surface area contributed by atoms with E-state index in [1.807, 2.05) is 32.0 Å². The van der Waals surface area contributed by atoms with Crippen molar-refractivity contribution in [1.82, 2.24) is 0 Å². The number of Topliss-reactive ketones (excluding diaryl/α,β-unsaturated/α-hetero) is 1. The summed E-state index contributed by atoms with van der Waals surface area (Å²) >= 11 is 3.31. The normalized spacial score (nSPS) is 16.5. The van der Waals surface area contributed by atoms with Crippen LogP contribution in [0.2, 0.25) is 0 Å². The second-order valence-corrected chi connectivity index (χ2v) is 7.63. The summed E-state index contributed by atoms with van der Waals surface area (Å²) in [7, 11) is 0. The number of carbonyl (C=O) groups excluding carboxylic acids is 3. The molecule has 1 heterocycles. The van der Waals surface area contributed by atoms with E-state index in [1.165, 1.54) is 0 Å². The quantitative estimate of drug-likeness (QED) is 0.534. The van der Waals surface area contributed by atoms with Gasteiger partial charge in [0.15, 0.2) is 12.4 Å². The molecule has 6 heteroatoms. The van der Waals surface area contributed by atoms with Crippen LogP contribution < -0.4 is 4.90 Å². The third kappa shape index (κ3) is 4.45. The predicted molar refractivity (Wildman–Crippen MR) is 106 cm³/mol. The molecule has 0 unspecified atom stereocenters. The van der Waals surface area contributed by atoms with Gasteiger partial charge in [0.05, 0.1) is 5.92 Å². The fourth-order valence-electron chi connectivity index (χ4n) is 2.98. The van der Waals surface area contributed by atoms with Crippen molar-refractivity contribution in [3.05, 3.63) is 63.6 Å². The fourth-order valence-corrected chi connectivity index (χ4v) is 3.25. The molecule has 0 aliphatic carbocycles. The van der Waals surface area contributed by atoms with Crippen LogP contribution in [0.4, 0.5) is 5.69 Å². The minimum Gasteiger partial charge on any atom is -0.457 e. The predicted octanol–water partition coefficient (Wildman–Crippen LogP) is 3.84. The molecule has 0 spiro atoms. The Labute approximate surface area is 166 Å². The van der Waals surface area contributed by atoms with Gasteiger partial charge in [-0.25, -0.2) is 0 Å². The summed E-state index contributed by atoms with van der Waals surface area (Å²) in [6.07, 6.45) is 0.0955. The molecule has 140 valence electrons. The average molecular weight is 430 g/mol. The van der Waals surface area contributed by atoms with Crippen LogP contribution in [0.25, 0.3) is 0 Å². The number of carbonyl (C=O) groups is 3. The van der Waals surface area contributed by atoms with E-state index in [4.69, 9.17) is 4.74 Å². The van der Waals surface area contributed by atoms with Crippen LogP contribution in [0, 0.1) is 19.8 Å². The largest absolute Gasteiger partial charge is 0.457 e. The third-order valence-corrected chi connectivity index (χ3v) is 5.30. The molecular weight excluding hydrogens is 410 g/mol. The second-order valence-electron chi connectivity index (χ2n) is 6.71.